The summed E-state index contributed by atoms with van der Waals surface area (Å²) in [7, 11) is 0. The molecule has 0 saturated heterocycles. The van der Waals surface area contributed by atoms with E-state index in [1.165, 1.54) is 12.8 Å². The average molecular weight is 201 g/mol. The molecule has 2 unspecified atom stereocenters. The van der Waals surface area contributed by atoms with Gasteiger partial charge in [0.2, 0.25) is 0 Å². The first-order chi connectivity index (χ1) is 7.10. The summed E-state index contributed by atoms with van der Waals surface area (Å²) in [4.78, 5) is 0. The molecule has 1 aromatic rings. The second-order valence-electron chi connectivity index (χ2n) is 5.81. The number of hydrogen-bond donors (Lipinski definition) is 1. The highest BCUT2D eigenvalue weighted by Crippen LogP contribution is 2.57. The molecule has 0 aromatic heterocycles. The lowest BCUT2D eigenvalue weighted by Gasteiger charge is -2.09. The van der Waals surface area contributed by atoms with Crippen LogP contribution in [0.25, 0.3) is 0 Å². The summed E-state index contributed by atoms with van der Waals surface area (Å²) in [5.41, 5.74) is 9.65. The standard InChI is InChI=1S/C14H19N/c1-14(2)12(13(14)15)11-7-9-5-3-4-6-10(9)8-11/h3-6,11-13H,7-8,15H2,1-2H3. The van der Waals surface area contributed by atoms with E-state index >= 15 is 0 Å². The summed E-state index contributed by atoms with van der Waals surface area (Å²) >= 11 is 0. The Balaban J connectivity index is 1.81. The van der Waals surface area contributed by atoms with Gasteiger partial charge in [0.1, 0.15) is 0 Å². The van der Waals surface area contributed by atoms with Crippen LogP contribution in [0.15, 0.2) is 24.3 Å². The van der Waals surface area contributed by atoms with Crippen LogP contribution in [-0.4, -0.2) is 6.04 Å². The minimum Gasteiger partial charge on any atom is -0.327 e. The molecular weight excluding hydrogens is 182 g/mol. The van der Waals surface area contributed by atoms with Crippen LogP contribution in [0.4, 0.5) is 0 Å². The van der Waals surface area contributed by atoms with Crippen LogP contribution < -0.4 is 5.73 Å². The Morgan fingerprint density at radius 1 is 1.13 bits per heavy atom. The Hall–Kier alpha value is -0.820. The van der Waals surface area contributed by atoms with Crippen molar-refractivity contribution >= 4 is 0 Å². The predicted molar refractivity (Wildman–Crippen MR) is 62.6 cm³/mol. The molecule has 0 aliphatic heterocycles. The Labute approximate surface area is 91.7 Å². The molecule has 1 fully saturated rings. The van der Waals surface area contributed by atoms with Gasteiger partial charge in [0, 0.05) is 6.04 Å². The van der Waals surface area contributed by atoms with E-state index in [9.17, 15) is 0 Å². The lowest BCUT2D eigenvalue weighted by Crippen LogP contribution is -2.11. The SMILES string of the molecule is CC1(C)C(N)C1C1Cc2ccccc2C1. The van der Waals surface area contributed by atoms with Gasteiger partial charge in [-0.2, -0.15) is 0 Å². The monoisotopic (exact) mass is 201 g/mol. The van der Waals surface area contributed by atoms with Gasteiger partial charge in [-0.15, -0.1) is 0 Å². The Morgan fingerprint density at radius 2 is 1.60 bits per heavy atom. The predicted octanol–water partition coefficient (Wildman–Crippen LogP) is 2.38. The smallest absolute Gasteiger partial charge is 0.0131 e. The molecule has 1 nitrogen and oxygen atoms in total. The molecule has 15 heavy (non-hydrogen) atoms. The van der Waals surface area contributed by atoms with E-state index in [0.29, 0.717) is 11.5 Å². The molecule has 2 aliphatic rings. The molecule has 1 aromatic carbocycles. The fraction of sp³-hybridized carbons (Fsp3) is 0.571. The van der Waals surface area contributed by atoms with E-state index in [4.69, 9.17) is 5.73 Å². The minimum absolute atomic E-state index is 0.382. The maximum absolute atomic E-state index is 6.16. The molecule has 2 aliphatic carbocycles. The van der Waals surface area contributed by atoms with Crippen LogP contribution in [-0.2, 0) is 12.8 Å². The van der Waals surface area contributed by atoms with E-state index in [1.807, 2.05) is 0 Å². The number of nitrogens with two attached hydrogens (primary N) is 1. The van der Waals surface area contributed by atoms with Crippen molar-refractivity contribution in [2.45, 2.75) is 32.7 Å². The number of benzene rings is 1. The summed E-state index contributed by atoms with van der Waals surface area (Å²) < 4.78 is 0. The first-order valence-corrected chi connectivity index (χ1v) is 5.93. The van der Waals surface area contributed by atoms with E-state index in [0.717, 1.165) is 11.8 Å². The van der Waals surface area contributed by atoms with Crippen LogP contribution in [0, 0.1) is 17.3 Å². The van der Waals surface area contributed by atoms with Crippen LogP contribution in [0.2, 0.25) is 0 Å². The molecule has 1 saturated carbocycles. The van der Waals surface area contributed by atoms with Gasteiger partial charge < -0.3 is 5.73 Å². The van der Waals surface area contributed by atoms with Gasteiger partial charge in [-0.25, -0.2) is 0 Å². The molecule has 0 radical (unpaired) electrons. The third-order valence-electron chi connectivity index (χ3n) is 4.59. The average Bonchev–Trinajstić information content (AvgIpc) is 2.61. The van der Waals surface area contributed by atoms with Gasteiger partial charge in [-0.05, 0) is 41.2 Å². The summed E-state index contributed by atoms with van der Waals surface area (Å²) in [6.07, 6.45) is 2.50. The Bertz CT molecular complexity index is 369. The highest BCUT2D eigenvalue weighted by atomic mass is 14.8. The topological polar surface area (TPSA) is 26.0 Å². The van der Waals surface area contributed by atoms with Crippen molar-refractivity contribution in [2.75, 3.05) is 0 Å². The first-order valence-electron chi connectivity index (χ1n) is 5.93. The number of rotatable bonds is 1. The second-order valence-corrected chi connectivity index (χ2v) is 5.81. The van der Waals surface area contributed by atoms with Gasteiger partial charge in [-0.1, -0.05) is 38.1 Å². The molecule has 0 spiro atoms. The molecule has 2 N–H and O–H groups in total. The van der Waals surface area contributed by atoms with E-state index in [-0.39, 0.29) is 0 Å². The van der Waals surface area contributed by atoms with Gasteiger partial charge >= 0.3 is 0 Å². The summed E-state index contributed by atoms with van der Waals surface area (Å²) in [5, 5.41) is 0. The first kappa shape index (κ1) is 9.41. The third kappa shape index (κ3) is 1.26. The van der Waals surface area contributed by atoms with Crippen molar-refractivity contribution in [3.8, 4) is 0 Å². The largest absolute Gasteiger partial charge is 0.327 e. The molecule has 80 valence electrons. The van der Waals surface area contributed by atoms with Crippen LogP contribution >= 0.6 is 0 Å². The zero-order valence-electron chi connectivity index (χ0n) is 9.53. The third-order valence-corrected chi connectivity index (χ3v) is 4.59. The van der Waals surface area contributed by atoms with Crippen molar-refractivity contribution in [1.29, 1.82) is 0 Å². The number of fused-ring (bicyclic) bond motifs is 1. The maximum Gasteiger partial charge on any atom is 0.0131 e. The van der Waals surface area contributed by atoms with Gasteiger partial charge in [0.15, 0.2) is 0 Å². The summed E-state index contributed by atoms with van der Waals surface area (Å²) in [6, 6.07) is 9.28. The lowest BCUT2D eigenvalue weighted by molar-refractivity contribution is 0.409. The molecule has 2 atom stereocenters. The van der Waals surface area contributed by atoms with Crippen LogP contribution in [0.5, 0.6) is 0 Å². The minimum atomic E-state index is 0.382. The molecule has 1 heteroatoms. The van der Waals surface area contributed by atoms with E-state index in [1.54, 1.807) is 11.1 Å². The Kier molecular flexibility index (Phi) is 1.79. The maximum atomic E-state index is 6.16. The van der Waals surface area contributed by atoms with Crippen molar-refractivity contribution in [2.24, 2.45) is 23.0 Å². The zero-order valence-corrected chi connectivity index (χ0v) is 9.53. The highest BCUT2D eigenvalue weighted by molar-refractivity contribution is 5.34. The van der Waals surface area contributed by atoms with E-state index in [2.05, 4.69) is 38.1 Å². The summed E-state index contributed by atoms with van der Waals surface area (Å²) in [5.74, 6) is 1.54. The van der Waals surface area contributed by atoms with Gasteiger partial charge in [0.25, 0.3) is 0 Å². The van der Waals surface area contributed by atoms with Gasteiger partial charge in [0.05, 0.1) is 0 Å². The second kappa shape index (κ2) is 2.85. The molecular formula is C14H19N. The van der Waals surface area contributed by atoms with Crippen LogP contribution in [0.1, 0.15) is 25.0 Å². The quantitative estimate of drug-likeness (QED) is 0.741. The Morgan fingerprint density at radius 3 is 2.00 bits per heavy atom. The van der Waals surface area contributed by atoms with Crippen LogP contribution in [0.3, 0.4) is 0 Å². The molecule has 0 heterocycles. The fourth-order valence-corrected chi connectivity index (χ4v) is 3.47. The zero-order chi connectivity index (χ0) is 10.6. The number of hydrogen-bond acceptors (Lipinski definition) is 1. The van der Waals surface area contributed by atoms with E-state index < -0.39 is 0 Å². The fourth-order valence-electron chi connectivity index (χ4n) is 3.47. The molecule has 3 rings (SSSR count). The van der Waals surface area contributed by atoms with Crippen molar-refractivity contribution in [1.82, 2.24) is 0 Å². The van der Waals surface area contributed by atoms with Gasteiger partial charge in [-0.3, -0.25) is 0 Å². The van der Waals surface area contributed by atoms with Crippen molar-refractivity contribution in [3.05, 3.63) is 35.4 Å². The molecule has 0 amide bonds. The van der Waals surface area contributed by atoms with Crippen molar-refractivity contribution in [3.63, 3.8) is 0 Å². The molecule has 0 bridgehead atoms. The lowest BCUT2D eigenvalue weighted by atomic mass is 9.94. The highest BCUT2D eigenvalue weighted by Gasteiger charge is 2.59. The van der Waals surface area contributed by atoms with Crippen molar-refractivity contribution < 1.29 is 0 Å². The summed E-state index contributed by atoms with van der Waals surface area (Å²) in [6.45, 7) is 4.62. The normalized spacial score (nSPS) is 32.7.